The first kappa shape index (κ1) is 19.6. The van der Waals surface area contributed by atoms with Crippen molar-refractivity contribution in [3.8, 4) is 0 Å². The lowest BCUT2D eigenvalue weighted by atomic mass is 9.97. The van der Waals surface area contributed by atoms with Crippen molar-refractivity contribution in [2.45, 2.75) is 59.5 Å². The van der Waals surface area contributed by atoms with Crippen LogP contribution in [0.3, 0.4) is 0 Å². The molecule has 0 aliphatic carbocycles. The second-order valence-corrected chi connectivity index (χ2v) is 5.48. The normalized spacial score (nSPS) is 14.4. The molecule has 0 aliphatic rings. The van der Waals surface area contributed by atoms with Crippen molar-refractivity contribution in [1.82, 2.24) is 5.01 Å². The van der Waals surface area contributed by atoms with E-state index in [2.05, 4.69) is 18.3 Å². The van der Waals surface area contributed by atoms with Crippen molar-refractivity contribution in [2.24, 2.45) is 11.0 Å². The number of hydrazone groups is 1. The zero-order valence-electron chi connectivity index (χ0n) is 13.9. The molecule has 0 saturated heterocycles. The minimum atomic E-state index is -0.927. The summed E-state index contributed by atoms with van der Waals surface area (Å²) < 4.78 is 13.0. The first-order valence-electron chi connectivity index (χ1n) is 7.67. The predicted octanol–water partition coefficient (Wildman–Crippen LogP) is 4.51. The molecule has 0 aromatic rings. The average Bonchev–Trinajstić information content (AvgIpc) is 2.41. The summed E-state index contributed by atoms with van der Waals surface area (Å²) in [4.78, 5) is 12.2. The van der Waals surface area contributed by atoms with Gasteiger partial charge in [0, 0.05) is 25.0 Å². The van der Waals surface area contributed by atoms with E-state index in [0.29, 0.717) is 25.1 Å². The van der Waals surface area contributed by atoms with E-state index >= 15 is 0 Å². The molecule has 0 aliphatic heterocycles. The SMILES string of the molecule is C=CN(CC(=C)CC(C)F)/N=C(/C(=O)CCC)C(C)CC. The Kier molecular flexibility index (Phi) is 9.59. The zero-order chi connectivity index (χ0) is 16.4. The molecule has 4 heteroatoms. The molecule has 0 fully saturated rings. The van der Waals surface area contributed by atoms with Crippen LogP contribution in [0, 0.1) is 5.92 Å². The van der Waals surface area contributed by atoms with Gasteiger partial charge in [0.15, 0.2) is 5.78 Å². The first-order valence-corrected chi connectivity index (χ1v) is 7.67. The molecule has 0 rings (SSSR count). The van der Waals surface area contributed by atoms with E-state index in [4.69, 9.17) is 0 Å². The summed E-state index contributed by atoms with van der Waals surface area (Å²) in [6.45, 7) is 15.4. The molecular formula is C17H29FN2O. The fourth-order valence-electron chi connectivity index (χ4n) is 1.95. The van der Waals surface area contributed by atoms with Crippen molar-refractivity contribution in [2.75, 3.05) is 6.54 Å². The third-order valence-electron chi connectivity index (χ3n) is 3.24. The smallest absolute Gasteiger partial charge is 0.179 e. The van der Waals surface area contributed by atoms with Crippen LogP contribution in [0.4, 0.5) is 4.39 Å². The number of hydrogen-bond donors (Lipinski definition) is 0. The number of Topliss-reactive ketones (excluding diaryl/α,β-unsaturated/α-hetero) is 1. The third-order valence-corrected chi connectivity index (χ3v) is 3.24. The number of halogens is 1. The molecule has 120 valence electrons. The Bertz CT molecular complexity index is 388. The van der Waals surface area contributed by atoms with Crippen molar-refractivity contribution >= 4 is 11.5 Å². The van der Waals surface area contributed by atoms with Crippen LogP contribution >= 0.6 is 0 Å². The molecular weight excluding hydrogens is 267 g/mol. The molecule has 0 bridgehead atoms. The zero-order valence-corrected chi connectivity index (χ0v) is 13.9. The summed E-state index contributed by atoms with van der Waals surface area (Å²) in [5.74, 6) is 0.169. The van der Waals surface area contributed by atoms with Gasteiger partial charge >= 0.3 is 0 Å². The fraction of sp³-hybridized carbons (Fsp3) is 0.647. The maximum atomic E-state index is 13.0. The van der Waals surface area contributed by atoms with Gasteiger partial charge in [-0.05, 0) is 19.8 Å². The highest BCUT2D eigenvalue weighted by Gasteiger charge is 2.18. The minimum Gasteiger partial charge on any atom is -0.293 e. The summed E-state index contributed by atoms with van der Waals surface area (Å²) in [5.41, 5.74) is 1.31. The molecule has 0 spiro atoms. The summed E-state index contributed by atoms with van der Waals surface area (Å²) in [7, 11) is 0. The van der Waals surface area contributed by atoms with Gasteiger partial charge in [0.25, 0.3) is 0 Å². The van der Waals surface area contributed by atoms with E-state index in [9.17, 15) is 9.18 Å². The van der Waals surface area contributed by atoms with Gasteiger partial charge in [0.1, 0.15) is 11.9 Å². The number of alkyl halides is 1. The van der Waals surface area contributed by atoms with Gasteiger partial charge < -0.3 is 0 Å². The van der Waals surface area contributed by atoms with Crippen LogP contribution in [0.1, 0.15) is 53.4 Å². The van der Waals surface area contributed by atoms with E-state index < -0.39 is 6.17 Å². The Morgan fingerprint density at radius 2 is 2.00 bits per heavy atom. The molecule has 0 radical (unpaired) electrons. The summed E-state index contributed by atoms with van der Waals surface area (Å²) in [6.07, 6.45) is 3.06. The highest BCUT2D eigenvalue weighted by Crippen LogP contribution is 2.13. The highest BCUT2D eigenvalue weighted by atomic mass is 19.1. The Morgan fingerprint density at radius 1 is 1.38 bits per heavy atom. The Balaban J connectivity index is 5.05. The maximum absolute atomic E-state index is 13.0. The van der Waals surface area contributed by atoms with Gasteiger partial charge in [-0.15, -0.1) is 0 Å². The molecule has 0 amide bonds. The molecule has 0 saturated carbocycles. The minimum absolute atomic E-state index is 0.0724. The molecule has 21 heavy (non-hydrogen) atoms. The van der Waals surface area contributed by atoms with Crippen molar-refractivity contribution in [1.29, 1.82) is 0 Å². The van der Waals surface area contributed by atoms with Crippen LogP contribution in [0.25, 0.3) is 0 Å². The van der Waals surface area contributed by atoms with Gasteiger partial charge in [-0.2, -0.15) is 5.10 Å². The fourth-order valence-corrected chi connectivity index (χ4v) is 1.95. The lowest BCUT2D eigenvalue weighted by molar-refractivity contribution is -0.113. The average molecular weight is 296 g/mol. The van der Waals surface area contributed by atoms with E-state index in [-0.39, 0.29) is 11.7 Å². The summed E-state index contributed by atoms with van der Waals surface area (Å²) in [6, 6.07) is 0. The van der Waals surface area contributed by atoms with Crippen LogP contribution in [0.5, 0.6) is 0 Å². The van der Waals surface area contributed by atoms with Gasteiger partial charge in [-0.25, -0.2) is 4.39 Å². The predicted molar refractivity (Wildman–Crippen MR) is 88.0 cm³/mol. The van der Waals surface area contributed by atoms with E-state index in [1.165, 1.54) is 6.92 Å². The summed E-state index contributed by atoms with van der Waals surface area (Å²) >= 11 is 0. The lowest BCUT2D eigenvalue weighted by Gasteiger charge is -2.20. The molecule has 0 heterocycles. The number of carbonyl (C=O) groups excluding carboxylic acids is 1. The van der Waals surface area contributed by atoms with E-state index in [0.717, 1.165) is 18.4 Å². The monoisotopic (exact) mass is 296 g/mol. The van der Waals surface area contributed by atoms with Crippen LogP contribution in [-0.4, -0.2) is 29.2 Å². The topological polar surface area (TPSA) is 32.7 Å². The maximum Gasteiger partial charge on any atom is 0.179 e. The summed E-state index contributed by atoms with van der Waals surface area (Å²) in [5, 5.41) is 6.01. The van der Waals surface area contributed by atoms with Gasteiger partial charge in [0.2, 0.25) is 0 Å². The van der Waals surface area contributed by atoms with Crippen LogP contribution in [0.15, 0.2) is 30.0 Å². The second kappa shape index (κ2) is 10.3. The highest BCUT2D eigenvalue weighted by molar-refractivity contribution is 6.40. The number of rotatable bonds is 11. The molecule has 3 nitrogen and oxygen atoms in total. The number of ketones is 1. The molecule has 0 aromatic heterocycles. The largest absolute Gasteiger partial charge is 0.293 e. The first-order chi connectivity index (χ1) is 9.85. The molecule has 2 unspecified atom stereocenters. The van der Waals surface area contributed by atoms with Gasteiger partial charge in [-0.3, -0.25) is 9.80 Å². The molecule has 2 atom stereocenters. The lowest BCUT2D eigenvalue weighted by Crippen LogP contribution is -2.26. The van der Waals surface area contributed by atoms with Crippen LogP contribution in [-0.2, 0) is 4.79 Å². The quantitative estimate of drug-likeness (QED) is 0.319. The Hall–Kier alpha value is -1.45. The van der Waals surface area contributed by atoms with E-state index in [1.807, 2.05) is 20.8 Å². The molecule has 0 N–H and O–H groups in total. The van der Waals surface area contributed by atoms with Crippen LogP contribution in [0.2, 0.25) is 0 Å². The van der Waals surface area contributed by atoms with Crippen molar-refractivity contribution < 1.29 is 9.18 Å². The third kappa shape index (κ3) is 7.78. The van der Waals surface area contributed by atoms with Gasteiger partial charge in [0.05, 0.1) is 6.54 Å². The van der Waals surface area contributed by atoms with Crippen LogP contribution < -0.4 is 0 Å². The second-order valence-electron chi connectivity index (χ2n) is 5.48. The van der Waals surface area contributed by atoms with Crippen molar-refractivity contribution in [3.63, 3.8) is 0 Å². The number of nitrogens with zero attached hydrogens (tertiary/aromatic N) is 2. The number of hydrogen-bond acceptors (Lipinski definition) is 3. The van der Waals surface area contributed by atoms with Gasteiger partial charge in [-0.1, -0.05) is 39.5 Å². The molecule has 0 aromatic carbocycles. The number of carbonyl (C=O) groups is 1. The Morgan fingerprint density at radius 3 is 2.43 bits per heavy atom. The Labute approximate surface area is 128 Å². The van der Waals surface area contributed by atoms with E-state index in [1.54, 1.807) is 11.2 Å². The standard InChI is InChI=1S/C17H29FN2O/c1-7-10-16(21)17(14(5)8-2)19-20(9-3)12-13(4)11-15(6)18/h9,14-15H,3-4,7-8,10-12H2,1-2,5-6H3/b19-17+. The van der Waals surface area contributed by atoms with Crippen molar-refractivity contribution in [3.05, 3.63) is 24.9 Å².